The molecule has 18 heteroatoms. The Morgan fingerprint density at radius 3 is 2.47 bits per heavy atom. The van der Waals surface area contributed by atoms with E-state index in [9.17, 15) is 19.2 Å². The number of nitrogens with one attached hydrogen (secondary N) is 1. The van der Waals surface area contributed by atoms with Crippen LogP contribution in [0.2, 0.25) is 0 Å². The number of hydrogen-bond acceptors (Lipinski definition) is 13. The molecule has 3 unspecified atom stereocenters. The predicted molar refractivity (Wildman–Crippen MR) is 282 cm³/mol. The van der Waals surface area contributed by atoms with Crippen molar-refractivity contribution >= 4 is 44.2 Å². The Balaban J connectivity index is 0.914. The third kappa shape index (κ3) is 16.8. The molecule has 5 heterocycles. The number of benzene rings is 2. The van der Waals surface area contributed by atoms with Crippen LogP contribution in [0.1, 0.15) is 105 Å². The Labute approximate surface area is 432 Å². The van der Waals surface area contributed by atoms with Crippen LogP contribution in [0.3, 0.4) is 0 Å². The second-order valence-electron chi connectivity index (χ2n) is 19.4. The monoisotopic (exact) mass is 1020 g/mol. The largest absolute Gasteiger partial charge is 0.484 e. The number of carbonyl (C=O) groups excluding carboxylic acids is 4. The average molecular weight is 1020 g/mol. The van der Waals surface area contributed by atoms with Crippen molar-refractivity contribution < 1.29 is 37.7 Å². The van der Waals surface area contributed by atoms with Gasteiger partial charge in [0.2, 0.25) is 11.8 Å². The number of hydrogen-bond donors (Lipinski definition) is 1. The highest BCUT2D eigenvalue weighted by atomic mass is 31.1. The van der Waals surface area contributed by atoms with Gasteiger partial charge >= 0.3 is 5.97 Å². The molecule has 2 aromatic carbocycles. The summed E-state index contributed by atoms with van der Waals surface area (Å²) in [5.41, 5.74) is 7.01. The second kappa shape index (κ2) is 28.5. The van der Waals surface area contributed by atoms with Crippen LogP contribution in [0.5, 0.6) is 5.75 Å². The van der Waals surface area contributed by atoms with Crippen molar-refractivity contribution in [1.29, 1.82) is 5.26 Å². The van der Waals surface area contributed by atoms with Gasteiger partial charge in [-0.15, -0.1) is 0 Å². The molecule has 7 rings (SSSR count). The summed E-state index contributed by atoms with van der Waals surface area (Å²) >= 11 is 0. The van der Waals surface area contributed by atoms with Crippen molar-refractivity contribution in [1.82, 2.24) is 29.9 Å². The lowest BCUT2D eigenvalue weighted by Crippen LogP contribution is -2.48. The molecular weight excluding hydrogens is 946 g/mol. The van der Waals surface area contributed by atoms with Gasteiger partial charge in [0.05, 0.1) is 50.6 Å². The minimum Gasteiger partial charge on any atom is -0.484 e. The first-order valence-electron chi connectivity index (χ1n) is 26.2. The number of piperazine rings is 1. The standard InChI is InChI=1S/C55H74N9O8P/c1-41-33-42(2)64(59-41)49-35-45(34-48(37-49)61-27-29-62(30-28-61)52(66)17-10-16-51(65)57-24-8-5-9-31-71-73-72-32-12-23-56)46(36-54(68)69-3)39-60-26-22-43(38-60)18-20-47-21-19-44-13-11-25-63(55(44)58-47)53(67)40-70-50-14-6-4-7-15-50/h4,6-7,14-15,19,21,33-35,37,43,46,73H,5,8-13,16-18,20,22,24-32,36,38-40H2,1-3H3,(H,57,65). The first-order valence-corrected chi connectivity index (χ1v) is 27.0. The lowest BCUT2D eigenvalue weighted by Gasteiger charge is -2.37. The van der Waals surface area contributed by atoms with Crippen LogP contribution < -0.4 is 19.9 Å². The van der Waals surface area contributed by atoms with Gasteiger partial charge in [0.1, 0.15) is 11.6 Å². The fourth-order valence-electron chi connectivity index (χ4n) is 9.99. The average Bonchev–Trinajstić information content (AvgIpc) is 4.02. The van der Waals surface area contributed by atoms with Gasteiger partial charge in [-0.2, -0.15) is 10.4 Å². The number of methoxy groups -OCH3 is 1. The first kappa shape index (κ1) is 54.8. The van der Waals surface area contributed by atoms with Gasteiger partial charge in [0.25, 0.3) is 5.91 Å². The van der Waals surface area contributed by atoms with Gasteiger partial charge in [0, 0.05) is 88.2 Å². The Morgan fingerprint density at radius 1 is 0.877 bits per heavy atom. The molecule has 3 aliphatic rings. The predicted octanol–water partition coefficient (Wildman–Crippen LogP) is 7.40. The summed E-state index contributed by atoms with van der Waals surface area (Å²) in [6.45, 7) is 11.2. The summed E-state index contributed by atoms with van der Waals surface area (Å²) in [4.78, 5) is 65.9. The molecule has 0 spiro atoms. The third-order valence-corrected chi connectivity index (χ3v) is 14.6. The van der Waals surface area contributed by atoms with Crippen LogP contribution in [0.15, 0.2) is 66.7 Å². The minimum absolute atomic E-state index is 0.0336. The smallest absolute Gasteiger partial charge is 0.306 e. The van der Waals surface area contributed by atoms with E-state index in [2.05, 4.69) is 51.5 Å². The van der Waals surface area contributed by atoms with Crippen LogP contribution in [0, 0.1) is 31.1 Å². The van der Waals surface area contributed by atoms with Crippen LogP contribution >= 0.6 is 9.03 Å². The molecule has 2 fully saturated rings. The summed E-state index contributed by atoms with van der Waals surface area (Å²) in [5.74, 6) is 1.44. The lowest BCUT2D eigenvalue weighted by molar-refractivity contribution is -0.141. The van der Waals surface area contributed by atoms with Crippen molar-refractivity contribution in [2.75, 3.05) is 95.6 Å². The molecule has 1 N–H and O–H groups in total. The van der Waals surface area contributed by atoms with Crippen molar-refractivity contribution in [2.45, 2.75) is 103 Å². The summed E-state index contributed by atoms with van der Waals surface area (Å²) < 4.78 is 23.7. The number of nitriles is 1. The fraction of sp³-hybridized carbons (Fsp3) is 0.545. The molecule has 0 saturated carbocycles. The molecule has 3 amide bonds. The van der Waals surface area contributed by atoms with Gasteiger partial charge in [-0.3, -0.25) is 24.1 Å². The number of carbonyl (C=O) groups is 4. The molecular formula is C55H74N9O8P. The number of pyridine rings is 1. The van der Waals surface area contributed by atoms with E-state index < -0.39 is 0 Å². The topological polar surface area (TPSA) is 185 Å². The summed E-state index contributed by atoms with van der Waals surface area (Å²) in [6, 6.07) is 24.3. The highest BCUT2D eigenvalue weighted by molar-refractivity contribution is 7.26. The van der Waals surface area contributed by atoms with E-state index in [4.69, 9.17) is 33.9 Å². The van der Waals surface area contributed by atoms with E-state index >= 15 is 0 Å². The molecule has 4 aromatic rings. The number of ether oxygens (including phenoxy) is 2. The molecule has 392 valence electrons. The zero-order chi connectivity index (χ0) is 51.4. The number of aryl methyl sites for hydroxylation is 4. The van der Waals surface area contributed by atoms with Crippen molar-refractivity contribution in [3.8, 4) is 17.5 Å². The zero-order valence-corrected chi connectivity index (χ0v) is 44.0. The molecule has 73 heavy (non-hydrogen) atoms. The number of para-hydroxylation sites is 1. The van der Waals surface area contributed by atoms with E-state index in [1.165, 1.54) is 7.11 Å². The van der Waals surface area contributed by atoms with Gasteiger partial charge < -0.3 is 38.5 Å². The number of nitrogens with zero attached hydrogens (tertiary/aromatic N) is 8. The Kier molecular flexibility index (Phi) is 21.4. The molecule has 0 aliphatic carbocycles. The van der Waals surface area contributed by atoms with Crippen LogP contribution in [0.25, 0.3) is 5.69 Å². The van der Waals surface area contributed by atoms with Crippen LogP contribution in [0.4, 0.5) is 11.5 Å². The number of esters is 1. The first-order chi connectivity index (χ1) is 35.6. The normalized spacial score (nSPS) is 16.4. The molecule has 3 aliphatic heterocycles. The quantitative estimate of drug-likeness (QED) is 0.0354. The number of anilines is 2. The molecule has 3 atom stereocenters. The summed E-state index contributed by atoms with van der Waals surface area (Å²) in [5, 5.41) is 16.4. The van der Waals surface area contributed by atoms with Gasteiger partial charge in [-0.1, -0.05) is 24.3 Å². The summed E-state index contributed by atoms with van der Waals surface area (Å²) in [7, 11) is 1.39. The number of fused-ring (bicyclic) bond motifs is 1. The highest BCUT2D eigenvalue weighted by Crippen LogP contribution is 2.33. The van der Waals surface area contributed by atoms with E-state index in [0.717, 1.165) is 110 Å². The Hall–Kier alpha value is -5.92. The summed E-state index contributed by atoms with van der Waals surface area (Å²) in [6.07, 6.45) is 8.99. The zero-order valence-electron chi connectivity index (χ0n) is 43.0. The SMILES string of the molecule is COC(=O)CC(CN1CCC(CCc2ccc3c(n2)N(C(=O)COc2ccccc2)CCC3)C1)c1cc(N2CCN(C(=O)CCCC(=O)NCCCCCOPOCCC#N)CC2)cc(-n2nc(C)cc2C)c1. The minimum atomic E-state index is -0.254. The maximum Gasteiger partial charge on any atom is 0.306 e. The molecule has 2 aromatic heterocycles. The van der Waals surface area contributed by atoms with Crippen molar-refractivity contribution in [2.24, 2.45) is 5.92 Å². The number of unbranched alkanes of at least 4 members (excludes halogenated alkanes) is 2. The van der Waals surface area contributed by atoms with Gasteiger partial charge in [-0.05, 0) is 138 Å². The maximum atomic E-state index is 13.4. The van der Waals surface area contributed by atoms with Crippen LogP contribution in [-0.4, -0.2) is 134 Å². The number of likely N-dealkylation sites (tertiary alicyclic amines) is 1. The van der Waals surface area contributed by atoms with Crippen LogP contribution in [-0.2, 0) is 45.8 Å². The number of aromatic nitrogens is 3. The highest BCUT2D eigenvalue weighted by Gasteiger charge is 2.30. The van der Waals surface area contributed by atoms with E-state index in [1.54, 1.807) is 4.90 Å². The Bertz CT molecular complexity index is 2480. The Morgan fingerprint density at radius 2 is 1.68 bits per heavy atom. The molecule has 17 nitrogen and oxygen atoms in total. The van der Waals surface area contributed by atoms with Gasteiger partial charge in [-0.25, -0.2) is 9.67 Å². The van der Waals surface area contributed by atoms with E-state index in [0.29, 0.717) is 96.4 Å². The molecule has 0 bridgehead atoms. The van der Waals surface area contributed by atoms with E-state index in [-0.39, 0.29) is 51.7 Å². The lowest BCUT2D eigenvalue weighted by atomic mass is 9.93. The maximum absolute atomic E-state index is 13.4. The third-order valence-electron chi connectivity index (χ3n) is 13.9. The fourth-order valence-corrected chi connectivity index (χ4v) is 10.5. The number of amides is 3. The molecule has 0 radical (unpaired) electrons. The molecule has 2 saturated heterocycles. The van der Waals surface area contributed by atoms with Crippen molar-refractivity contribution in [3.63, 3.8) is 0 Å². The number of rotatable bonds is 27. The van der Waals surface area contributed by atoms with E-state index in [1.807, 2.05) is 59.8 Å². The second-order valence-corrected chi connectivity index (χ2v) is 20.2. The van der Waals surface area contributed by atoms with Gasteiger partial charge in [0.15, 0.2) is 15.6 Å². The van der Waals surface area contributed by atoms with Crippen molar-refractivity contribution in [3.05, 3.63) is 94.9 Å².